The summed E-state index contributed by atoms with van der Waals surface area (Å²) in [5.74, 6) is -0.690. The fraction of sp³-hybridized carbons (Fsp3) is 0.136. The largest absolute Gasteiger partial charge is 0.435 e. The SMILES string of the molecule is O=C(Cc1cccc(F)c1)Nc1ccc(OC(F)F)c(Cc2ccccc2)c1. The Morgan fingerprint density at radius 2 is 1.68 bits per heavy atom. The first kappa shape index (κ1) is 19.5. The van der Waals surface area contributed by atoms with Gasteiger partial charge in [-0.1, -0.05) is 42.5 Å². The van der Waals surface area contributed by atoms with Crippen molar-refractivity contribution in [3.63, 3.8) is 0 Å². The normalized spacial score (nSPS) is 10.7. The van der Waals surface area contributed by atoms with Crippen molar-refractivity contribution in [1.82, 2.24) is 0 Å². The van der Waals surface area contributed by atoms with Crippen LogP contribution in [0, 0.1) is 5.82 Å². The van der Waals surface area contributed by atoms with Crippen LogP contribution >= 0.6 is 0 Å². The monoisotopic (exact) mass is 385 g/mol. The molecule has 0 aliphatic heterocycles. The highest BCUT2D eigenvalue weighted by molar-refractivity contribution is 5.92. The average Bonchev–Trinajstić information content (AvgIpc) is 2.64. The molecule has 0 heterocycles. The first-order chi connectivity index (χ1) is 13.5. The second-order valence-corrected chi connectivity index (χ2v) is 6.22. The van der Waals surface area contributed by atoms with Crippen LogP contribution in [-0.4, -0.2) is 12.5 Å². The minimum Gasteiger partial charge on any atom is -0.435 e. The number of hydrogen-bond donors (Lipinski definition) is 1. The number of hydrogen-bond acceptors (Lipinski definition) is 2. The van der Waals surface area contributed by atoms with Crippen molar-refractivity contribution in [2.24, 2.45) is 0 Å². The van der Waals surface area contributed by atoms with Crippen LogP contribution in [0.2, 0.25) is 0 Å². The average molecular weight is 385 g/mol. The summed E-state index contributed by atoms with van der Waals surface area (Å²) in [6.07, 6.45) is 0.373. The van der Waals surface area contributed by atoms with Crippen LogP contribution in [0.5, 0.6) is 5.75 Å². The van der Waals surface area contributed by atoms with Gasteiger partial charge in [0.2, 0.25) is 5.91 Å². The minimum absolute atomic E-state index is 0.00106. The van der Waals surface area contributed by atoms with Crippen LogP contribution in [0.1, 0.15) is 16.7 Å². The Morgan fingerprint density at radius 1 is 0.929 bits per heavy atom. The Balaban J connectivity index is 1.77. The number of carbonyl (C=O) groups is 1. The Labute approximate surface area is 160 Å². The lowest BCUT2D eigenvalue weighted by atomic mass is 10.0. The molecule has 6 heteroatoms. The van der Waals surface area contributed by atoms with E-state index in [9.17, 15) is 18.0 Å². The number of amides is 1. The van der Waals surface area contributed by atoms with E-state index in [0.717, 1.165) is 5.56 Å². The molecule has 0 atom stereocenters. The third kappa shape index (κ3) is 5.61. The molecule has 0 fully saturated rings. The van der Waals surface area contributed by atoms with Gasteiger partial charge in [-0.05, 0) is 41.5 Å². The van der Waals surface area contributed by atoms with E-state index in [1.807, 2.05) is 30.3 Å². The molecule has 0 aliphatic carbocycles. The van der Waals surface area contributed by atoms with E-state index in [1.165, 1.54) is 30.3 Å². The molecule has 28 heavy (non-hydrogen) atoms. The van der Waals surface area contributed by atoms with Crippen LogP contribution in [0.25, 0.3) is 0 Å². The zero-order chi connectivity index (χ0) is 19.9. The van der Waals surface area contributed by atoms with E-state index in [2.05, 4.69) is 10.1 Å². The van der Waals surface area contributed by atoms with Gasteiger partial charge in [0, 0.05) is 17.7 Å². The van der Waals surface area contributed by atoms with Crippen LogP contribution in [0.15, 0.2) is 72.8 Å². The van der Waals surface area contributed by atoms with Gasteiger partial charge in [0.15, 0.2) is 0 Å². The molecule has 3 rings (SSSR count). The van der Waals surface area contributed by atoms with Gasteiger partial charge in [-0.3, -0.25) is 4.79 Å². The summed E-state index contributed by atoms with van der Waals surface area (Å²) < 4.78 is 43.2. The van der Waals surface area contributed by atoms with Crippen LogP contribution < -0.4 is 10.1 Å². The summed E-state index contributed by atoms with van der Waals surface area (Å²) >= 11 is 0. The summed E-state index contributed by atoms with van der Waals surface area (Å²) in [7, 11) is 0. The quantitative estimate of drug-likeness (QED) is 0.607. The van der Waals surface area contributed by atoms with Gasteiger partial charge in [-0.15, -0.1) is 0 Å². The Kier molecular flexibility index (Phi) is 6.32. The van der Waals surface area contributed by atoms with E-state index in [1.54, 1.807) is 12.1 Å². The molecule has 0 aliphatic rings. The van der Waals surface area contributed by atoms with Crippen molar-refractivity contribution in [1.29, 1.82) is 0 Å². The minimum atomic E-state index is -2.94. The lowest BCUT2D eigenvalue weighted by Gasteiger charge is -2.13. The van der Waals surface area contributed by atoms with Crippen LogP contribution in [-0.2, 0) is 17.6 Å². The lowest BCUT2D eigenvalue weighted by Crippen LogP contribution is -2.15. The van der Waals surface area contributed by atoms with E-state index >= 15 is 0 Å². The topological polar surface area (TPSA) is 38.3 Å². The first-order valence-corrected chi connectivity index (χ1v) is 8.65. The molecule has 0 aromatic heterocycles. The zero-order valence-corrected chi connectivity index (χ0v) is 14.9. The van der Waals surface area contributed by atoms with Crippen LogP contribution in [0.4, 0.5) is 18.9 Å². The smallest absolute Gasteiger partial charge is 0.387 e. The Bertz CT molecular complexity index is 946. The molecule has 0 radical (unpaired) electrons. The fourth-order valence-electron chi connectivity index (χ4n) is 2.86. The van der Waals surface area contributed by atoms with Crippen molar-refractivity contribution < 1.29 is 22.7 Å². The number of anilines is 1. The number of ether oxygens (including phenoxy) is 1. The summed E-state index contributed by atoms with van der Waals surface area (Å²) in [6.45, 7) is -2.94. The van der Waals surface area contributed by atoms with Gasteiger partial charge in [0.25, 0.3) is 0 Å². The van der Waals surface area contributed by atoms with E-state index < -0.39 is 12.4 Å². The van der Waals surface area contributed by atoms with E-state index in [4.69, 9.17) is 0 Å². The summed E-state index contributed by atoms with van der Waals surface area (Å²) in [5, 5.41) is 2.71. The third-order valence-electron chi connectivity index (χ3n) is 4.05. The number of carbonyl (C=O) groups excluding carboxylic acids is 1. The maximum atomic E-state index is 13.2. The molecule has 3 aromatic rings. The number of benzene rings is 3. The molecule has 144 valence electrons. The molecule has 0 saturated carbocycles. The molecule has 0 bridgehead atoms. The van der Waals surface area contributed by atoms with Gasteiger partial charge < -0.3 is 10.1 Å². The second-order valence-electron chi connectivity index (χ2n) is 6.22. The van der Waals surface area contributed by atoms with E-state index in [0.29, 0.717) is 23.2 Å². The van der Waals surface area contributed by atoms with Crippen LogP contribution in [0.3, 0.4) is 0 Å². The van der Waals surface area contributed by atoms with Gasteiger partial charge in [0.05, 0.1) is 6.42 Å². The van der Waals surface area contributed by atoms with Crippen molar-refractivity contribution >= 4 is 11.6 Å². The van der Waals surface area contributed by atoms with Crippen molar-refractivity contribution in [3.05, 3.63) is 95.3 Å². The maximum absolute atomic E-state index is 13.2. The second kappa shape index (κ2) is 9.08. The highest BCUT2D eigenvalue weighted by atomic mass is 19.3. The summed E-state index contributed by atoms with van der Waals surface area (Å²) in [5.41, 5.74) is 2.44. The standard InChI is InChI=1S/C22H18F3NO2/c23-18-8-4-7-16(12-18)13-21(27)26-19-9-10-20(28-22(24)25)17(14-19)11-15-5-2-1-3-6-15/h1-10,12,14,22H,11,13H2,(H,26,27). The highest BCUT2D eigenvalue weighted by Gasteiger charge is 2.13. The van der Waals surface area contributed by atoms with Crippen molar-refractivity contribution in [2.45, 2.75) is 19.5 Å². The molecule has 3 nitrogen and oxygen atoms in total. The number of alkyl halides is 2. The molecular weight excluding hydrogens is 367 g/mol. The predicted molar refractivity (Wildman–Crippen MR) is 101 cm³/mol. The maximum Gasteiger partial charge on any atom is 0.387 e. The van der Waals surface area contributed by atoms with Crippen molar-refractivity contribution in [2.75, 3.05) is 5.32 Å². The lowest BCUT2D eigenvalue weighted by molar-refractivity contribution is -0.115. The van der Waals surface area contributed by atoms with Gasteiger partial charge in [-0.25, -0.2) is 4.39 Å². The van der Waals surface area contributed by atoms with Gasteiger partial charge in [0.1, 0.15) is 11.6 Å². The molecule has 0 spiro atoms. The first-order valence-electron chi connectivity index (χ1n) is 8.65. The third-order valence-corrected chi connectivity index (χ3v) is 4.05. The predicted octanol–water partition coefficient (Wildman–Crippen LogP) is 5.20. The zero-order valence-electron chi connectivity index (χ0n) is 14.9. The Hall–Kier alpha value is -3.28. The summed E-state index contributed by atoms with van der Waals surface area (Å²) in [6, 6.07) is 19.6. The number of halogens is 3. The molecule has 3 aromatic carbocycles. The number of rotatable bonds is 7. The highest BCUT2D eigenvalue weighted by Crippen LogP contribution is 2.27. The molecule has 0 unspecified atom stereocenters. The molecule has 1 amide bonds. The molecule has 1 N–H and O–H groups in total. The van der Waals surface area contributed by atoms with Crippen molar-refractivity contribution in [3.8, 4) is 5.75 Å². The molecule has 0 saturated heterocycles. The summed E-state index contributed by atoms with van der Waals surface area (Å²) in [4.78, 5) is 12.2. The van der Waals surface area contributed by atoms with Gasteiger partial charge in [-0.2, -0.15) is 8.78 Å². The van der Waals surface area contributed by atoms with E-state index in [-0.39, 0.29) is 18.1 Å². The fourth-order valence-corrected chi connectivity index (χ4v) is 2.86. The Morgan fingerprint density at radius 3 is 2.39 bits per heavy atom. The van der Waals surface area contributed by atoms with Gasteiger partial charge >= 0.3 is 6.61 Å². The number of nitrogens with one attached hydrogen (secondary N) is 1. The molecular formula is C22H18F3NO2.